The van der Waals surface area contributed by atoms with E-state index in [1.165, 1.54) is 34.8 Å². The summed E-state index contributed by atoms with van der Waals surface area (Å²) < 4.78 is 26.3. The van der Waals surface area contributed by atoms with Gasteiger partial charge in [0.05, 0.1) is 22.9 Å². The third kappa shape index (κ3) is 5.24. The third-order valence-electron chi connectivity index (χ3n) is 6.30. The molecule has 0 radical (unpaired) electrons. The Kier molecular flexibility index (Phi) is 6.75. The van der Waals surface area contributed by atoms with E-state index in [1.807, 2.05) is 18.2 Å². The third-order valence-corrected chi connectivity index (χ3v) is 7.99. The maximum Gasteiger partial charge on any atom is 0.257 e. The number of aromatic nitrogens is 2. The van der Waals surface area contributed by atoms with Crippen LogP contribution in [0.15, 0.2) is 72.2 Å². The molecule has 3 aromatic carbocycles. The number of ether oxygens (including phenoxy) is 2. The summed E-state index contributed by atoms with van der Waals surface area (Å²) in [6.45, 7) is 0.585. The molecule has 0 spiro atoms. The minimum atomic E-state index is -0.763. The lowest BCUT2D eigenvalue weighted by Crippen LogP contribution is -2.27. The number of nitrogens with one attached hydrogen (secondary N) is 1. The fourth-order valence-electron chi connectivity index (χ4n) is 4.44. The Bertz CT molecular complexity index is 1610. The van der Waals surface area contributed by atoms with Crippen molar-refractivity contribution in [3.05, 3.63) is 99.8 Å². The molecule has 7 nitrogen and oxygen atoms in total. The van der Waals surface area contributed by atoms with Gasteiger partial charge in [-0.2, -0.15) is 0 Å². The number of aliphatic hydroxyl groups is 1. The van der Waals surface area contributed by atoms with Crippen LogP contribution < -0.4 is 14.8 Å². The van der Waals surface area contributed by atoms with Crippen LogP contribution in [0.5, 0.6) is 11.5 Å². The first-order chi connectivity index (χ1) is 18.5. The van der Waals surface area contributed by atoms with Crippen molar-refractivity contribution >= 4 is 43.9 Å². The monoisotopic (exact) mass is 547 g/mol. The first kappa shape index (κ1) is 24.5. The normalized spacial score (nSPS) is 16.6. The number of benzene rings is 3. The number of hydrogen-bond acceptors (Lipinski definition) is 8. The predicted molar refractivity (Wildman–Crippen MR) is 145 cm³/mol. The van der Waals surface area contributed by atoms with E-state index in [-0.39, 0.29) is 24.2 Å². The van der Waals surface area contributed by atoms with E-state index in [0.717, 1.165) is 15.3 Å². The Morgan fingerprint density at radius 1 is 1.18 bits per heavy atom. The molecule has 2 aromatic heterocycles. The fourth-order valence-corrected chi connectivity index (χ4v) is 5.83. The van der Waals surface area contributed by atoms with Crippen molar-refractivity contribution < 1.29 is 23.8 Å². The topological polar surface area (TPSA) is 93.6 Å². The van der Waals surface area contributed by atoms with E-state index in [1.54, 1.807) is 41.9 Å². The second-order valence-electron chi connectivity index (χ2n) is 8.92. The summed E-state index contributed by atoms with van der Waals surface area (Å²) in [7, 11) is 0. The van der Waals surface area contributed by atoms with E-state index < -0.39 is 6.10 Å². The fraction of sp³-hybridized carbons (Fsp3) is 0.179. The number of rotatable bonds is 7. The van der Waals surface area contributed by atoms with Crippen molar-refractivity contribution in [2.75, 3.05) is 11.9 Å². The molecule has 1 amide bonds. The van der Waals surface area contributed by atoms with Crippen LogP contribution in [0.4, 0.5) is 9.52 Å². The Morgan fingerprint density at radius 3 is 2.97 bits per heavy atom. The molecular formula is C28H22FN3O4S2. The first-order valence-corrected chi connectivity index (χ1v) is 13.6. The average molecular weight is 548 g/mol. The molecule has 0 saturated carbocycles. The van der Waals surface area contributed by atoms with Gasteiger partial charge in [0, 0.05) is 34.7 Å². The number of hydrogen-bond donors (Lipinski definition) is 2. The molecule has 0 aliphatic carbocycles. The second-order valence-corrected chi connectivity index (χ2v) is 10.9. The highest BCUT2D eigenvalue weighted by Crippen LogP contribution is 2.39. The zero-order chi connectivity index (χ0) is 26.1. The van der Waals surface area contributed by atoms with E-state index >= 15 is 0 Å². The van der Waals surface area contributed by atoms with Crippen LogP contribution in [0.2, 0.25) is 0 Å². The summed E-state index contributed by atoms with van der Waals surface area (Å²) in [4.78, 5) is 21.1. The van der Waals surface area contributed by atoms with Gasteiger partial charge >= 0.3 is 0 Å². The van der Waals surface area contributed by atoms with Gasteiger partial charge in [0.2, 0.25) is 0 Å². The van der Waals surface area contributed by atoms with Gasteiger partial charge in [-0.25, -0.2) is 14.4 Å². The van der Waals surface area contributed by atoms with Crippen molar-refractivity contribution in [2.24, 2.45) is 5.92 Å². The number of halogens is 1. The Morgan fingerprint density at radius 2 is 2.11 bits per heavy atom. The highest BCUT2D eigenvalue weighted by molar-refractivity contribution is 7.18. The van der Waals surface area contributed by atoms with Gasteiger partial charge in [-0.3, -0.25) is 10.1 Å². The highest BCUT2D eigenvalue weighted by Gasteiger charge is 2.30. The zero-order valence-electron chi connectivity index (χ0n) is 20.0. The number of anilines is 1. The van der Waals surface area contributed by atoms with Gasteiger partial charge in [0.15, 0.2) is 5.13 Å². The van der Waals surface area contributed by atoms with Crippen LogP contribution in [0.1, 0.15) is 32.6 Å². The molecule has 1 aliphatic heterocycles. The van der Waals surface area contributed by atoms with Crippen LogP contribution in [0.25, 0.3) is 10.2 Å². The van der Waals surface area contributed by atoms with Crippen molar-refractivity contribution in [3.63, 3.8) is 0 Å². The summed E-state index contributed by atoms with van der Waals surface area (Å²) in [6.07, 6.45) is 1.41. The van der Waals surface area contributed by atoms with E-state index in [2.05, 4.69) is 15.3 Å². The van der Waals surface area contributed by atoms with E-state index in [0.29, 0.717) is 46.3 Å². The summed E-state index contributed by atoms with van der Waals surface area (Å²) in [5, 5.41) is 17.1. The number of thiazole rings is 2. The molecule has 3 heterocycles. The summed E-state index contributed by atoms with van der Waals surface area (Å²) in [5.41, 5.74) is 2.71. The van der Waals surface area contributed by atoms with Crippen molar-refractivity contribution in [1.82, 2.24) is 9.97 Å². The maximum absolute atomic E-state index is 13.5. The minimum Gasteiger partial charge on any atom is -0.493 e. The smallest absolute Gasteiger partial charge is 0.257 e. The quantitative estimate of drug-likeness (QED) is 0.259. The second kappa shape index (κ2) is 10.5. The van der Waals surface area contributed by atoms with Gasteiger partial charge in [-0.1, -0.05) is 12.1 Å². The molecule has 192 valence electrons. The van der Waals surface area contributed by atoms with Crippen LogP contribution in [0, 0.1) is 11.7 Å². The number of carbonyl (C=O) groups is 1. The lowest BCUT2D eigenvalue weighted by atomic mass is 9.87. The lowest BCUT2D eigenvalue weighted by Gasteiger charge is -2.30. The average Bonchev–Trinajstić information content (AvgIpc) is 3.58. The Labute approximate surface area is 225 Å². The largest absolute Gasteiger partial charge is 0.493 e. The molecule has 0 fully saturated rings. The number of nitrogens with zero attached hydrogens (tertiary/aromatic N) is 2. The Hall–Kier alpha value is -3.86. The molecule has 10 heteroatoms. The standard InChI is InChI=1S/C28H22FN3O4S2/c29-19-4-7-24-22(12-19)31-25(38-24)15-35-20-5-6-23-21(13-20)26(33)18(14-36-23)11-16-2-1-3-17(10-16)27(34)32-28-30-8-9-37-28/h1-10,12-13,18,26,33H,11,14-15H2,(H,30,32,34). The number of amides is 1. The predicted octanol–water partition coefficient (Wildman–Crippen LogP) is 6.01. The summed E-state index contributed by atoms with van der Waals surface area (Å²) >= 11 is 2.81. The lowest BCUT2D eigenvalue weighted by molar-refractivity contribution is 0.0504. The van der Waals surface area contributed by atoms with Crippen LogP contribution >= 0.6 is 22.7 Å². The maximum atomic E-state index is 13.5. The molecule has 2 unspecified atom stereocenters. The van der Waals surface area contributed by atoms with Crippen LogP contribution in [-0.2, 0) is 13.0 Å². The summed E-state index contributed by atoms with van der Waals surface area (Å²) in [6, 6.07) is 17.3. The SMILES string of the molecule is O=C(Nc1nccs1)c1cccc(CC2COc3ccc(OCc4nc5cc(F)ccc5s4)cc3C2O)c1. The van der Waals surface area contributed by atoms with Gasteiger partial charge in [0.1, 0.15) is 28.9 Å². The molecule has 5 aromatic rings. The van der Waals surface area contributed by atoms with Crippen molar-refractivity contribution in [2.45, 2.75) is 19.1 Å². The summed E-state index contributed by atoms with van der Waals surface area (Å²) in [5.74, 6) is 0.451. The molecular weight excluding hydrogens is 525 g/mol. The van der Waals surface area contributed by atoms with Crippen LogP contribution in [0.3, 0.4) is 0 Å². The zero-order valence-corrected chi connectivity index (χ0v) is 21.6. The van der Waals surface area contributed by atoms with Gasteiger partial charge < -0.3 is 14.6 Å². The van der Waals surface area contributed by atoms with Crippen molar-refractivity contribution in [1.29, 1.82) is 0 Å². The molecule has 0 saturated heterocycles. The number of fused-ring (bicyclic) bond motifs is 2. The molecule has 38 heavy (non-hydrogen) atoms. The van der Waals surface area contributed by atoms with Crippen molar-refractivity contribution in [3.8, 4) is 11.5 Å². The molecule has 1 aliphatic rings. The molecule has 2 atom stereocenters. The van der Waals surface area contributed by atoms with E-state index in [4.69, 9.17) is 9.47 Å². The van der Waals surface area contributed by atoms with E-state index in [9.17, 15) is 14.3 Å². The molecule has 2 N–H and O–H groups in total. The number of carbonyl (C=O) groups excluding carboxylic acids is 1. The first-order valence-electron chi connectivity index (χ1n) is 11.9. The minimum absolute atomic E-state index is 0.200. The number of aliphatic hydroxyl groups excluding tert-OH is 1. The molecule has 6 rings (SSSR count). The Balaban J connectivity index is 1.13. The highest BCUT2D eigenvalue weighted by atomic mass is 32.1. The molecule has 0 bridgehead atoms. The van der Waals surface area contributed by atoms with Gasteiger partial charge in [-0.05, 0) is 54.4 Å². The van der Waals surface area contributed by atoms with Gasteiger partial charge in [-0.15, -0.1) is 22.7 Å². The van der Waals surface area contributed by atoms with Crippen LogP contribution in [-0.4, -0.2) is 27.6 Å². The van der Waals surface area contributed by atoms with Gasteiger partial charge in [0.25, 0.3) is 5.91 Å².